The summed E-state index contributed by atoms with van der Waals surface area (Å²) in [6, 6.07) is 15.2. The Morgan fingerprint density at radius 1 is 1.16 bits per heavy atom. The summed E-state index contributed by atoms with van der Waals surface area (Å²) in [5.74, 6) is -0.403. The van der Waals surface area contributed by atoms with Crippen molar-refractivity contribution in [2.24, 2.45) is 0 Å². The third kappa shape index (κ3) is 4.38. The molecule has 0 N–H and O–H groups in total. The van der Waals surface area contributed by atoms with Gasteiger partial charge in [-0.1, -0.05) is 30.3 Å². The zero-order valence-electron chi connectivity index (χ0n) is 13.4. The van der Waals surface area contributed by atoms with Crippen LogP contribution in [-0.2, 0) is 9.53 Å². The minimum absolute atomic E-state index is 0.200. The van der Waals surface area contributed by atoms with Gasteiger partial charge < -0.3 is 9.15 Å². The van der Waals surface area contributed by atoms with Crippen molar-refractivity contribution in [2.45, 2.75) is 13.0 Å². The number of carbonyl (C=O) groups excluding carboxylic acids is 1. The lowest BCUT2D eigenvalue weighted by Gasteiger charge is -2.06. The van der Waals surface area contributed by atoms with Crippen molar-refractivity contribution in [3.8, 4) is 11.5 Å². The number of benzene rings is 2. The van der Waals surface area contributed by atoms with Crippen LogP contribution in [0.3, 0.4) is 0 Å². The zero-order chi connectivity index (χ0) is 17.6. The quantitative estimate of drug-likeness (QED) is 0.515. The minimum Gasteiger partial charge on any atom is -0.449 e. The average Bonchev–Trinajstić information content (AvgIpc) is 3.11. The molecule has 1 heterocycles. The SMILES string of the molecule is C[C@@H](OC(=O)/C=C/c1cccc(F)c1)c1nnc(-c2ccccc2)o1. The summed E-state index contributed by atoms with van der Waals surface area (Å²) >= 11 is 0. The van der Waals surface area contributed by atoms with Crippen molar-refractivity contribution < 1.29 is 18.3 Å². The highest BCUT2D eigenvalue weighted by molar-refractivity contribution is 5.87. The Balaban J connectivity index is 1.63. The molecule has 0 amide bonds. The second kappa shape index (κ2) is 7.53. The van der Waals surface area contributed by atoms with E-state index in [2.05, 4.69) is 10.2 Å². The first-order valence-corrected chi connectivity index (χ1v) is 7.65. The van der Waals surface area contributed by atoms with Crippen molar-refractivity contribution in [2.75, 3.05) is 0 Å². The van der Waals surface area contributed by atoms with E-state index in [9.17, 15) is 9.18 Å². The number of ether oxygens (including phenoxy) is 1. The molecular weight excluding hydrogens is 323 g/mol. The summed E-state index contributed by atoms with van der Waals surface area (Å²) in [5, 5.41) is 7.86. The lowest BCUT2D eigenvalue weighted by molar-refractivity contribution is -0.143. The second-order valence-electron chi connectivity index (χ2n) is 5.28. The average molecular weight is 338 g/mol. The molecular formula is C19H15FN2O3. The van der Waals surface area contributed by atoms with Crippen molar-refractivity contribution >= 4 is 12.0 Å². The molecule has 0 unspecified atom stereocenters. The molecule has 126 valence electrons. The van der Waals surface area contributed by atoms with Gasteiger partial charge in [-0.25, -0.2) is 9.18 Å². The maximum Gasteiger partial charge on any atom is 0.331 e. The Labute approximate surface area is 143 Å². The van der Waals surface area contributed by atoms with Gasteiger partial charge in [-0.2, -0.15) is 0 Å². The third-order valence-electron chi connectivity index (χ3n) is 3.36. The molecule has 0 saturated heterocycles. The second-order valence-corrected chi connectivity index (χ2v) is 5.28. The number of nitrogens with zero attached hydrogens (tertiary/aromatic N) is 2. The van der Waals surface area contributed by atoms with Gasteiger partial charge in [0.1, 0.15) is 5.82 Å². The van der Waals surface area contributed by atoms with E-state index in [4.69, 9.17) is 9.15 Å². The molecule has 3 aromatic rings. The van der Waals surface area contributed by atoms with E-state index in [1.807, 2.05) is 30.3 Å². The van der Waals surface area contributed by atoms with Gasteiger partial charge in [-0.3, -0.25) is 0 Å². The fraction of sp³-hybridized carbons (Fsp3) is 0.105. The lowest BCUT2D eigenvalue weighted by Crippen LogP contribution is -2.06. The van der Waals surface area contributed by atoms with Crippen molar-refractivity contribution in [3.05, 3.63) is 77.9 Å². The molecule has 0 saturated carbocycles. The van der Waals surface area contributed by atoms with Gasteiger partial charge in [0.2, 0.25) is 5.89 Å². The minimum atomic E-state index is -0.699. The van der Waals surface area contributed by atoms with Crippen LogP contribution in [0.25, 0.3) is 17.5 Å². The van der Waals surface area contributed by atoms with E-state index in [1.54, 1.807) is 19.1 Å². The maximum absolute atomic E-state index is 13.1. The number of rotatable bonds is 5. The van der Waals surface area contributed by atoms with Crippen LogP contribution in [0.15, 0.2) is 65.1 Å². The van der Waals surface area contributed by atoms with Gasteiger partial charge in [0.25, 0.3) is 5.89 Å². The molecule has 0 fully saturated rings. The van der Waals surface area contributed by atoms with Gasteiger partial charge in [-0.05, 0) is 42.8 Å². The monoisotopic (exact) mass is 338 g/mol. The molecule has 0 radical (unpaired) electrons. The highest BCUT2D eigenvalue weighted by atomic mass is 19.1. The predicted molar refractivity (Wildman–Crippen MR) is 89.7 cm³/mol. The summed E-state index contributed by atoms with van der Waals surface area (Å²) in [7, 11) is 0. The molecule has 1 aromatic heterocycles. The smallest absolute Gasteiger partial charge is 0.331 e. The van der Waals surface area contributed by atoms with Crippen LogP contribution in [0.2, 0.25) is 0 Å². The molecule has 3 rings (SSSR count). The van der Waals surface area contributed by atoms with Crippen LogP contribution in [0, 0.1) is 5.82 Å². The first-order chi connectivity index (χ1) is 12.1. The number of hydrogen-bond acceptors (Lipinski definition) is 5. The van der Waals surface area contributed by atoms with Crippen LogP contribution < -0.4 is 0 Å². The van der Waals surface area contributed by atoms with Gasteiger partial charge in [0.15, 0.2) is 6.10 Å². The lowest BCUT2D eigenvalue weighted by atomic mass is 10.2. The molecule has 0 aliphatic heterocycles. The molecule has 1 atom stereocenters. The van der Waals surface area contributed by atoms with Gasteiger partial charge in [0, 0.05) is 11.6 Å². The van der Waals surface area contributed by atoms with Gasteiger partial charge in [0.05, 0.1) is 0 Å². The van der Waals surface area contributed by atoms with Gasteiger partial charge in [-0.15, -0.1) is 10.2 Å². The largest absolute Gasteiger partial charge is 0.449 e. The van der Waals surface area contributed by atoms with E-state index in [0.29, 0.717) is 11.5 Å². The molecule has 0 bridgehead atoms. The van der Waals surface area contributed by atoms with E-state index >= 15 is 0 Å². The van der Waals surface area contributed by atoms with Gasteiger partial charge >= 0.3 is 5.97 Å². The number of aromatic nitrogens is 2. The fourth-order valence-electron chi connectivity index (χ4n) is 2.13. The van der Waals surface area contributed by atoms with Crippen LogP contribution in [0.5, 0.6) is 0 Å². The molecule has 0 spiro atoms. The maximum atomic E-state index is 13.1. The van der Waals surface area contributed by atoms with E-state index in [-0.39, 0.29) is 11.7 Å². The first-order valence-electron chi connectivity index (χ1n) is 7.65. The Morgan fingerprint density at radius 3 is 2.72 bits per heavy atom. The molecule has 6 heteroatoms. The Morgan fingerprint density at radius 2 is 1.96 bits per heavy atom. The molecule has 2 aromatic carbocycles. The molecule has 0 aliphatic rings. The first kappa shape index (κ1) is 16.6. The van der Waals surface area contributed by atoms with E-state index in [1.165, 1.54) is 24.3 Å². The summed E-state index contributed by atoms with van der Waals surface area (Å²) < 4.78 is 23.8. The normalized spacial score (nSPS) is 12.2. The number of hydrogen-bond donors (Lipinski definition) is 0. The fourth-order valence-corrected chi connectivity index (χ4v) is 2.13. The number of esters is 1. The van der Waals surface area contributed by atoms with Crippen LogP contribution in [0.4, 0.5) is 4.39 Å². The van der Waals surface area contributed by atoms with Crippen LogP contribution >= 0.6 is 0 Å². The highest BCUT2D eigenvalue weighted by Gasteiger charge is 2.17. The topological polar surface area (TPSA) is 65.2 Å². The third-order valence-corrected chi connectivity index (χ3v) is 3.36. The highest BCUT2D eigenvalue weighted by Crippen LogP contribution is 2.22. The Kier molecular flexibility index (Phi) is 4.99. The summed E-state index contributed by atoms with van der Waals surface area (Å²) in [6.45, 7) is 1.64. The van der Waals surface area contributed by atoms with Crippen LogP contribution in [0.1, 0.15) is 24.5 Å². The Hall–Kier alpha value is -3.28. The van der Waals surface area contributed by atoms with Crippen molar-refractivity contribution in [1.29, 1.82) is 0 Å². The zero-order valence-corrected chi connectivity index (χ0v) is 13.4. The standard InChI is InChI=1S/C19H15FN2O3/c1-13(18-21-22-19(25-18)15-7-3-2-4-8-15)24-17(23)11-10-14-6-5-9-16(20)12-14/h2-13H,1H3/b11-10+/t13-/m1/s1. The van der Waals surface area contributed by atoms with Crippen molar-refractivity contribution in [1.82, 2.24) is 10.2 Å². The summed E-state index contributed by atoms with van der Waals surface area (Å²) in [5.41, 5.74) is 1.35. The van der Waals surface area contributed by atoms with Crippen molar-refractivity contribution in [3.63, 3.8) is 0 Å². The summed E-state index contributed by atoms with van der Waals surface area (Å²) in [6.07, 6.45) is 2.00. The summed E-state index contributed by atoms with van der Waals surface area (Å²) in [4.78, 5) is 11.9. The Bertz CT molecular complexity index is 890. The number of carbonyl (C=O) groups is 1. The van der Waals surface area contributed by atoms with Crippen LogP contribution in [-0.4, -0.2) is 16.2 Å². The predicted octanol–water partition coefficient (Wildman–Crippen LogP) is 4.19. The molecule has 0 aliphatic carbocycles. The van der Waals surface area contributed by atoms with E-state index in [0.717, 1.165) is 5.56 Å². The number of halogens is 1. The van der Waals surface area contributed by atoms with E-state index < -0.39 is 12.1 Å². The molecule has 5 nitrogen and oxygen atoms in total. The molecule has 25 heavy (non-hydrogen) atoms.